The fourth-order valence-electron chi connectivity index (χ4n) is 3.88. The van der Waals surface area contributed by atoms with E-state index in [0.29, 0.717) is 17.2 Å². The quantitative estimate of drug-likeness (QED) is 0.0405. The zero-order chi connectivity index (χ0) is 38.2. The lowest BCUT2D eigenvalue weighted by atomic mass is 10.0. The van der Waals surface area contributed by atoms with Crippen molar-refractivity contribution in [2.75, 3.05) is 12.4 Å². The minimum Gasteiger partial charge on any atom is -0.466 e. The number of thioether (sulfide) groups is 1. The first-order valence-electron chi connectivity index (χ1n) is 16.5. The number of esters is 2. The summed E-state index contributed by atoms with van der Waals surface area (Å²) in [5.74, 6) is -2.57. The van der Waals surface area contributed by atoms with Crippen molar-refractivity contribution in [1.82, 2.24) is 20.9 Å². The summed E-state index contributed by atoms with van der Waals surface area (Å²) in [4.78, 5) is 80.0. The van der Waals surface area contributed by atoms with Gasteiger partial charge in [-0.15, -0.1) is 11.3 Å². The highest BCUT2D eigenvalue weighted by atomic mass is 32.2. The lowest BCUT2D eigenvalue weighted by Crippen LogP contribution is -2.48. The molecular formula is C34H54N4O9S2Si. The van der Waals surface area contributed by atoms with Gasteiger partial charge in [0.25, 0.3) is 11.8 Å². The Morgan fingerprint density at radius 1 is 1.06 bits per heavy atom. The molecule has 280 valence electrons. The van der Waals surface area contributed by atoms with Gasteiger partial charge in [0, 0.05) is 26.1 Å². The van der Waals surface area contributed by atoms with Crippen LogP contribution in [0, 0.1) is 5.92 Å². The third-order valence-corrected chi connectivity index (χ3v) is 10.1. The third kappa shape index (κ3) is 18.5. The molecule has 0 saturated heterocycles. The molecule has 1 aromatic heterocycles. The van der Waals surface area contributed by atoms with Gasteiger partial charge >= 0.3 is 18.0 Å². The van der Waals surface area contributed by atoms with E-state index in [-0.39, 0.29) is 29.5 Å². The number of nitrogens with zero attached hydrogens (tertiary/aromatic N) is 1. The molecule has 50 heavy (non-hydrogen) atoms. The van der Waals surface area contributed by atoms with E-state index in [9.17, 15) is 28.8 Å². The largest absolute Gasteiger partial charge is 0.466 e. The summed E-state index contributed by atoms with van der Waals surface area (Å²) in [5, 5.41) is 9.77. The monoisotopic (exact) mass is 754 g/mol. The number of thiazole rings is 1. The van der Waals surface area contributed by atoms with Gasteiger partial charge in [0.2, 0.25) is 0 Å². The van der Waals surface area contributed by atoms with Gasteiger partial charge in [-0.05, 0) is 59.1 Å². The molecule has 0 aliphatic carbocycles. The minimum atomic E-state index is -1.43. The predicted octanol–water partition coefficient (Wildman–Crippen LogP) is 5.91. The molecule has 1 aromatic rings. The van der Waals surface area contributed by atoms with Crippen LogP contribution in [0.1, 0.15) is 89.8 Å². The maximum absolute atomic E-state index is 13.4. The molecule has 3 amide bonds. The van der Waals surface area contributed by atoms with Gasteiger partial charge in [0.05, 0.1) is 19.1 Å². The molecule has 0 saturated carbocycles. The Balaban J connectivity index is 2.97. The van der Waals surface area contributed by atoms with Crippen molar-refractivity contribution >= 4 is 66.1 Å². The van der Waals surface area contributed by atoms with Crippen LogP contribution in [0.2, 0.25) is 25.7 Å². The first kappa shape index (κ1) is 44.5. The lowest BCUT2D eigenvalue weighted by Gasteiger charge is -2.24. The Hall–Kier alpha value is -3.50. The maximum atomic E-state index is 13.4. The van der Waals surface area contributed by atoms with Crippen molar-refractivity contribution in [2.45, 2.75) is 118 Å². The van der Waals surface area contributed by atoms with Crippen LogP contribution >= 0.6 is 23.1 Å². The molecule has 13 nitrogen and oxygen atoms in total. The van der Waals surface area contributed by atoms with Crippen LogP contribution < -0.4 is 16.0 Å². The molecule has 0 aliphatic heterocycles. The third-order valence-electron chi connectivity index (χ3n) is 6.54. The topological polar surface area (TPSA) is 179 Å². The van der Waals surface area contributed by atoms with Crippen LogP contribution in [0.3, 0.4) is 0 Å². The van der Waals surface area contributed by atoms with E-state index in [0.717, 1.165) is 29.1 Å². The fourth-order valence-corrected chi connectivity index (χ4v) is 5.95. The van der Waals surface area contributed by atoms with E-state index in [4.69, 9.17) is 14.2 Å². The summed E-state index contributed by atoms with van der Waals surface area (Å²) >= 11 is 2.32. The first-order chi connectivity index (χ1) is 23.1. The molecule has 3 N–H and O–H groups in total. The van der Waals surface area contributed by atoms with E-state index >= 15 is 0 Å². The highest BCUT2D eigenvalue weighted by molar-refractivity contribution is 8.13. The number of rotatable bonds is 18. The minimum absolute atomic E-state index is 0.0157. The molecule has 3 atom stereocenters. The number of allylic oxidation sites excluding steroid dienone is 2. The normalized spacial score (nSPS) is 14.0. The molecule has 0 fully saturated rings. The number of carbonyl (C=O) groups is 6. The Kier molecular flexibility index (Phi) is 18.7. The van der Waals surface area contributed by atoms with Gasteiger partial charge in [-0.2, -0.15) is 0 Å². The van der Waals surface area contributed by atoms with Crippen molar-refractivity contribution in [2.24, 2.45) is 5.92 Å². The van der Waals surface area contributed by atoms with Crippen LogP contribution in [-0.4, -0.2) is 78.1 Å². The molecule has 1 rings (SSSR count). The van der Waals surface area contributed by atoms with Gasteiger partial charge in [-0.25, -0.2) is 14.6 Å². The van der Waals surface area contributed by atoms with Crippen molar-refractivity contribution in [3.05, 3.63) is 40.0 Å². The Labute approximate surface area is 305 Å². The number of hydrogen-bond acceptors (Lipinski definition) is 12. The molecular weight excluding hydrogens is 701 g/mol. The average molecular weight is 755 g/mol. The second-order valence-electron chi connectivity index (χ2n) is 14.1. The number of carbonyl (C=O) groups excluding carboxylic acids is 6. The standard InChI is InChI=1S/C34H54N4O9S2Si/c1-12-25(36-30(42)26-20-49-31(37-26)22(4)35-33(44)47-34(6,7)8)29(41)38-28(21(2)3)32(43)46-24(15-13-14-17-48-23(5)39)19-27(40)45-16-18-50(9,10)11/h12-13,15,20-22,24,28H,14,16-19H2,1-11H3,(H,35,44)(H,36,42)(H,38,41)/b15-13+,25-12-/t22-,24-,28+/m1/s1. The second-order valence-corrected chi connectivity index (χ2v) is 21.8. The highest BCUT2D eigenvalue weighted by Gasteiger charge is 2.30. The number of ether oxygens (including phenoxy) is 3. The average Bonchev–Trinajstić information content (AvgIpc) is 3.47. The maximum Gasteiger partial charge on any atom is 0.408 e. The van der Waals surface area contributed by atoms with Gasteiger partial charge in [0.1, 0.15) is 34.1 Å². The fraction of sp³-hybridized carbons (Fsp3) is 0.618. The van der Waals surface area contributed by atoms with Crippen LogP contribution in [-0.2, 0) is 33.4 Å². The molecule has 0 radical (unpaired) electrons. The predicted molar refractivity (Wildman–Crippen MR) is 198 cm³/mol. The summed E-state index contributed by atoms with van der Waals surface area (Å²) in [6.07, 6.45) is 3.41. The SMILES string of the molecule is C/C=C(\NC(=O)c1csc([C@@H](C)NC(=O)OC(C)(C)C)n1)C(=O)N[C@H](C(=O)O[C@H](/C=C/CCSC(C)=O)CC(=O)OCC[Si](C)(C)C)C(C)C. The first-order valence-corrected chi connectivity index (χ1v) is 22.1. The van der Waals surface area contributed by atoms with E-state index < -0.39 is 67.6 Å². The zero-order valence-electron chi connectivity index (χ0n) is 31.1. The molecule has 0 aromatic carbocycles. The van der Waals surface area contributed by atoms with Crippen molar-refractivity contribution in [3.63, 3.8) is 0 Å². The summed E-state index contributed by atoms with van der Waals surface area (Å²) < 4.78 is 16.4. The molecule has 1 heterocycles. The highest BCUT2D eigenvalue weighted by Crippen LogP contribution is 2.19. The van der Waals surface area contributed by atoms with Crippen molar-refractivity contribution in [3.8, 4) is 0 Å². The van der Waals surface area contributed by atoms with Crippen LogP contribution in [0.4, 0.5) is 4.79 Å². The molecule has 0 aliphatic rings. The smallest absolute Gasteiger partial charge is 0.408 e. The lowest BCUT2D eigenvalue weighted by molar-refractivity contribution is -0.156. The number of alkyl carbamates (subject to hydrolysis) is 1. The van der Waals surface area contributed by atoms with E-state index in [1.807, 2.05) is 0 Å². The zero-order valence-corrected chi connectivity index (χ0v) is 33.7. The molecule has 0 unspecified atom stereocenters. The molecule has 0 bridgehead atoms. The van der Waals surface area contributed by atoms with Gasteiger partial charge < -0.3 is 30.2 Å². The van der Waals surface area contributed by atoms with Gasteiger partial charge in [-0.1, -0.05) is 57.4 Å². The van der Waals surface area contributed by atoms with Crippen molar-refractivity contribution in [1.29, 1.82) is 0 Å². The van der Waals surface area contributed by atoms with Gasteiger partial charge in [0.15, 0.2) is 5.12 Å². The molecule has 0 spiro atoms. The summed E-state index contributed by atoms with van der Waals surface area (Å²) in [7, 11) is -1.43. The van der Waals surface area contributed by atoms with E-state index in [1.54, 1.807) is 60.6 Å². The van der Waals surface area contributed by atoms with E-state index in [1.165, 1.54) is 18.4 Å². The van der Waals surface area contributed by atoms with Gasteiger partial charge in [-0.3, -0.25) is 19.2 Å². The Morgan fingerprint density at radius 2 is 1.72 bits per heavy atom. The number of amides is 3. The summed E-state index contributed by atoms with van der Waals surface area (Å²) in [6, 6.07) is -0.864. The van der Waals surface area contributed by atoms with Crippen molar-refractivity contribution < 1.29 is 43.0 Å². The Bertz CT molecular complexity index is 1400. The number of nitrogens with one attached hydrogen (secondary N) is 3. The van der Waals surface area contributed by atoms with Crippen LogP contribution in [0.25, 0.3) is 0 Å². The Morgan fingerprint density at radius 3 is 2.28 bits per heavy atom. The number of hydrogen-bond donors (Lipinski definition) is 3. The molecule has 16 heteroatoms. The van der Waals surface area contributed by atoms with Crippen LogP contribution in [0.15, 0.2) is 29.3 Å². The second kappa shape index (κ2) is 21.0. The summed E-state index contributed by atoms with van der Waals surface area (Å²) in [5.41, 5.74) is -0.765. The van der Waals surface area contributed by atoms with Crippen LogP contribution in [0.5, 0.6) is 0 Å². The summed E-state index contributed by atoms with van der Waals surface area (Å²) in [6.45, 7) is 20.2. The van der Waals surface area contributed by atoms with E-state index in [2.05, 4.69) is 40.6 Å². The number of aromatic nitrogens is 1.